The molecule has 10 heteroatoms. The number of halogens is 1. The highest BCUT2D eigenvalue weighted by molar-refractivity contribution is 6.34. The minimum Gasteiger partial charge on any atom is -0.378 e. The standard InChI is InChI=1S/C25H28ClN7O2/c1-16-11-18(8-10-35-16)33-22(34)12-25(2,29-24(33)27)20-7-3-6-19(23(20)26)21-15-32(31-30-21)14-17-5-4-9-28-13-17/h3-7,9,13,15-16,18H,8,10-12,14H2,1-2H3,(H2,27,29)/t16-,18-,25-/m0/s1. The van der Waals surface area contributed by atoms with Gasteiger partial charge in [-0.15, -0.1) is 5.10 Å². The zero-order chi connectivity index (χ0) is 24.6. The van der Waals surface area contributed by atoms with Crippen molar-refractivity contribution in [1.82, 2.24) is 24.9 Å². The molecule has 2 aromatic heterocycles. The molecule has 0 radical (unpaired) electrons. The van der Waals surface area contributed by atoms with E-state index >= 15 is 0 Å². The Bertz CT molecular complexity index is 1260. The summed E-state index contributed by atoms with van der Waals surface area (Å²) in [5.41, 5.74) is 8.61. The molecule has 3 atom stereocenters. The molecule has 1 aromatic carbocycles. The van der Waals surface area contributed by atoms with Gasteiger partial charge in [0.05, 0.1) is 35.8 Å². The van der Waals surface area contributed by atoms with Crippen molar-refractivity contribution in [1.29, 1.82) is 0 Å². The summed E-state index contributed by atoms with van der Waals surface area (Å²) < 4.78 is 7.37. The van der Waals surface area contributed by atoms with E-state index in [4.69, 9.17) is 27.1 Å². The van der Waals surface area contributed by atoms with Crippen LogP contribution in [0.3, 0.4) is 0 Å². The van der Waals surface area contributed by atoms with Gasteiger partial charge in [-0.05, 0) is 43.9 Å². The lowest BCUT2D eigenvalue weighted by Gasteiger charge is -2.41. The summed E-state index contributed by atoms with van der Waals surface area (Å²) in [6.07, 6.45) is 7.12. The third-order valence-corrected chi connectivity index (χ3v) is 7.06. The number of carbonyl (C=O) groups is 1. The molecule has 182 valence electrons. The van der Waals surface area contributed by atoms with Crippen LogP contribution in [0.5, 0.6) is 0 Å². The summed E-state index contributed by atoms with van der Waals surface area (Å²) in [6, 6.07) is 9.54. The van der Waals surface area contributed by atoms with Crippen molar-refractivity contribution >= 4 is 23.5 Å². The number of hydrogen-bond acceptors (Lipinski definition) is 7. The summed E-state index contributed by atoms with van der Waals surface area (Å²) in [5, 5.41) is 9.05. The van der Waals surface area contributed by atoms with E-state index in [-0.39, 0.29) is 30.4 Å². The smallest absolute Gasteiger partial charge is 0.232 e. The maximum Gasteiger partial charge on any atom is 0.232 e. The van der Waals surface area contributed by atoms with Crippen molar-refractivity contribution in [2.75, 3.05) is 6.61 Å². The van der Waals surface area contributed by atoms with E-state index in [1.807, 2.05) is 50.4 Å². The molecule has 0 unspecified atom stereocenters. The van der Waals surface area contributed by atoms with E-state index in [2.05, 4.69) is 15.3 Å². The third kappa shape index (κ3) is 4.66. The zero-order valence-electron chi connectivity index (χ0n) is 19.8. The largest absolute Gasteiger partial charge is 0.378 e. The summed E-state index contributed by atoms with van der Waals surface area (Å²) in [5.74, 6) is 0.176. The molecule has 2 aliphatic rings. The number of aliphatic imine (C=N–C) groups is 1. The highest BCUT2D eigenvalue weighted by Gasteiger charge is 2.42. The molecule has 0 aliphatic carbocycles. The lowest BCUT2D eigenvalue weighted by molar-refractivity contribution is -0.133. The molecule has 1 fully saturated rings. The molecule has 2 aliphatic heterocycles. The van der Waals surface area contributed by atoms with E-state index in [1.54, 1.807) is 22.0 Å². The normalized spacial score (nSPS) is 24.9. The van der Waals surface area contributed by atoms with E-state index in [0.717, 1.165) is 29.5 Å². The number of amides is 1. The Balaban J connectivity index is 1.43. The first-order valence-electron chi connectivity index (χ1n) is 11.7. The van der Waals surface area contributed by atoms with Crippen LogP contribution in [0.2, 0.25) is 5.02 Å². The van der Waals surface area contributed by atoms with Gasteiger partial charge in [-0.25, -0.2) is 9.67 Å². The fourth-order valence-electron chi connectivity index (χ4n) is 4.93. The highest BCUT2D eigenvalue weighted by Crippen LogP contribution is 2.41. The van der Waals surface area contributed by atoms with Crippen LogP contribution >= 0.6 is 11.6 Å². The van der Waals surface area contributed by atoms with Gasteiger partial charge in [0, 0.05) is 30.6 Å². The molecule has 1 amide bonds. The number of rotatable bonds is 5. The second-order valence-corrected chi connectivity index (χ2v) is 9.75. The Morgan fingerprint density at radius 1 is 1.29 bits per heavy atom. The monoisotopic (exact) mass is 493 g/mol. The molecule has 0 bridgehead atoms. The van der Waals surface area contributed by atoms with Crippen molar-refractivity contribution in [3.05, 3.63) is 65.1 Å². The Morgan fingerprint density at radius 2 is 2.14 bits per heavy atom. The van der Waals surface area contributed by atoms with Crippen LogP contribution in [0.4, 0.5) is 0 Å². The van der Waals surface area contributed by atoms with Gasteiger partial charge in [-0.2, -0.15) is 0 Å². The molecular weight excluding hydrogens is 466 g/mol. The minimum atomic E-state index is -0.882. The average molecular weight is 494 g/mol. The van der Waals surface area contributed by atoms with E-state index in [9.17, 15) is 4.79 Å². The van der Waals surface area contributed by atoms with Crippen molar-refractivity contribution in [2.24, 2.45) is 10.7 Å². The van der Waals surface area contributed by atoms with Crippen LogP contribution in [0.25, 0.3) is 11.3 Å². The Morgan fingerprint density at radius 3 is 2.89 bits per heavy atom. The van der Waals surface area contributed by atoms with Gasteiger partial charge in [0.25, 0.3) is 0 Å². The topological polar surface area (TPSA) is 112 Å². The first-order valence-corrected chi connectivity index (χ1v) is 12.1. The van der Waals surface area contributed by atoms with Crippen LogP contribution in [-0.4, -0.2) is 55.5 Å². The third-order valence-electron chi connectivity index (χ3n) is 6.66. The lowest BCUT2D eigenvalue weighted by Crippen LogP contribution is -2.56. The van der Waals surface area contributed by atoms with Gasteiger partial charge in [-0.3, -0.25) is 14.7 Å². The number of ether oxygens (including phenoxy) is 1. The first kappa shape index (κ1) is 23.4. The molecule has 9 nitrogen and oxygen atoms in total. The fraction of sp³-hybridized carbons (Fsp3) is 0.400. The van der Waals surface area contributed by atoms with Crippen molar-refractivity contribution in [3.63, 3.8) is 0 Å². The van der Waals surface area contributed by atoms with Gasteiger partial charge in [0.1, 0.15) is 5.69 Å². The SMILES string of the molecule is C[C@H]1C[C@@H](N2C(=O)C[C@@](C)(c3cccc(-c4cn(Cc5cccnc5)nn4)c3Cl)N=C2N)CCO1. The Labute approximate surface area is 209 Å². The van der Waals surface area contributed by atoms with Crippen LogP contribution < -0.4 is 5.73 Å². The fourth-order valence-corrected chi connectivity index (χ4v) is 5.36. The molecule has 3 aromatic rings. The summed E-state index contributed by atoms with van der Waals surface area (Å²) in [7, 11) is 0. The quantitative estimate of drug-likeness (QED) is 0.583. The maximum absolute atomic E-state index is 13.3. The minimum absolute atomic E-state index is 0.00351. The van der Waals surface area contributed by atoms with Gasteiger partial charge < -0.3 is 10.5 Å². The molecule has 4 heterocycles. The summed E-state index contributed by atoms with van der Waals surface area (Å²) in [4.78, 5) is 23.9. The predicted molar refractivity (Wildman–Crippen MR) is 133 cm³/mol. The molecule has 0 saturated carbocycles. The van der Waals surface area contributed by atoms with Crippen molar-refractivity contribution in [3.8, 4) is 11.3 Å². The molecule has 2 N–H and O–H groups in total. The number of guanidine groups is 1. The lowest BCUT2D eigenvalue weighted by atomic mass is 9.85. The number of aromatic nitrogens is 4. The molecule has 1 saturated heterocycles. The van der Waals surface area contributed by atoms with Crippen LogP contribution in [0.1, 0.15) is 44.2 Å². The van der Waals surface area contributed by atoms with E-state index < -0.39 is 5.54 Å². The Hall–Kier alpha value is -3.30. The van der Waals surface area contributed by atoms with Crippen molar-refractivity contribution < 1.29 is 9.53 Å². The van der Waals surface area contributed by atoms with E-state index in [0.29, 0.717) is 23.9 Å². The number of benzene rings is 1. The van der Waals surface area contributed by atoms with E-state index in [1.165, 1.54) is 0 Å². The highest BCUT2D eigenvalue weighted by atomic mass is 35.5. The molecule has 5 rings (SSSR count). The molecule has 0 spiro atoms. The van der Waals surface area contributed by atoms with Crippen LogP contribution in [0, 0.1) is 0 Å². The second kappa shape index (κ2) is 9.39. The van der Waals surface area contributed by atoms with Crippen LogP contribution in [0.15, 0.2) is 53.9 Å². The van der Waals surface area contributed by atoms with Gasteiger partial charge in [0.15, 0.2) is 5.96 Å². The second-order valence-electron chi connectivity index (χ2n) is 9.37. The zero-order valence-corrected chi connectivity index (χ0v) is 20.5. The van der Waals surface area contributed by atoms with Gasteiger partial charge >= 0.3 is 0 Å². The van der Waals surface area contributed by atoms with Crippen LogP contribution in [-0.2, 0) is 21.6 Å². The maximum atomic E-state index is 13.3. The van der Waals surface area contributed by atoms with Gasteiger partial charge in [0.2, 0.25) is 5.91 Å². The van der Waals surface area contributed by atoms with Crippen molar-refractivity contribution in [2.45, 2.75) is 57.3 Å². The number of carbonyl (C=O) groups excluding carboxylic acids is 1. The number of nitrogens with two attached hydrogens (primary N) is 1. The molecule has 35 heavy (non-hydrogen) atoms. The molecular formula is C25H28ClN7O2. The number of hydrogen-bond donors (Lipinski definition) is 1. The summed E-state index contributed by atoms with van der Waals surface area (Å²) in [6.45, 7) is 5.06. The number of pyridine rings is 1. The van der Waals surface area contributed by atoms with Gasteiger partial charge in [-0.1, -0.05) is 41.1 Å². The number of nitrogens with zero attached hydrogens (tertiary/aromatic N) is 6. The predicted octanol–water partition coefficient (Wildman–Crippen LogP) is 3.37. The average Bonchev–Trinajstić information content (AvgIpc) is 3.27. The first-order chi connectivity index (χ1) is 16.8. The summed E-state index contributed by atoms with van der Waals surface area (Å²) >= 11 is 6.90. The Kier molecular flexibility index (Phi) is 6.29.